The second kappa shape index (κ2) is 5.70. The van der Waals surface area contributed by atoms with Gasteiger partial charge in [-0.3, -0.25) is 10.1 Å². The summed E-state index contributed by atoms with van der Waals surface area (Å²) in [5.74, 6) is -0.868. The van der Waals surface area contributed by atoms with E-state index in [0.29, 0.717) is 11.4 Å². The molecule has 0 aliphatic carbocycles. The van der Waals surface area contributed by atoms with Crippen LogP contribution < -0.4 is 15.4 Å². The Bertz CT molecular complexity index is 595. The predicted octanol–water partition coefficient (Wildman–Crippen LogP) is 0.884. The van der Waals surface area contributed by atoms with Crippen molar-refractivity contribution in [1.29, 1.82) is 0 Å². The molecule has 1 aromatic rings. The van der Waals surface area contributed by atoms with Crippen molar-refractivity contribution in [3.05, 3.63) is 35.5 Å². The summed E-state index contributed by atoms with van der Waals surface area (Å²) in [5, 5.41) is 14.2. The monoisotopic (exact) mass is 292 g/mol. The van der Waals surface area contributed by atoms with E-state index in [1.165, 1.54) is 6.92 Å². The second-order valence-electron chi connectivity index (χ2n) is 4.13. The first-order valence-corrected chi connectivity index (χ1v) is 6.20. The molecule has 1 aliphatic rings. The number of aliphatic carboxylic acids is 1. The topological polar surface area (TPSA) is 87.7 Å². The Morgan fingerprint density at radius 3 is 2.50 bits per heavy atom. The fourth-order valence-electron chi connectivity index (χ4n) is 1.55. The molecule has 0 aromatic heterocycles. The van der Waals surface area contributed by atoms with Gasteiger partial charge >= 0.3 is 5.97 Å². The summed E-state index contributed by atoms with van der Waals surface area (Å²) in [6, 6.07) is 6.70. The fraction of sp³-hybridized carbons (Fsp3) is 0.154. The highest BCUT2D eigenvalue weighted by atomic mass is 32.1. The van der Waals surface area contributed by atoms with Gasteiger partial charge in [-0.25, -0.2) is 4.79 Å². The van der Waals surface area contributed by atoms with Crippen LogP contribution in [0, 0.1) is 0 Å². The summed E-state index contributed by atoms with van der Waals surface area (Å²) in [6.45, 7) is 1.45. The maximum atomic E-state index is 11.5. The standard InChI is InChI=1S/C13H12N2O4S/c1-7(12(17)18)19-9-4-2-8(3-5-9)6-10-11(16)15-13(20)14-10/h2-7H,1H3,(H,17,18)(H2,14,15,16,20)/b10-6-. The largest absolute Gasteiger partial charge is 0.479 e. The van der Waals surface area contributed by atoms with Gasteiger partial charge in [0, 0.05) is 0 Å². The van der Waals surface area contributed by atoms with Crippen molar-refractivity contribution in [3.8, 4) is 5.75 Å². The Morgan fingerprint density at radius 1 is 1.35 bits per heavy atom. The first-order chi connectivity index (χ1) is 9.45. The van der Waals surface area contributed by atoms with Crippen molar-refractivity contribution in [1.82, 2.24) is 10.6 Å². The molecule has 1 saturated heterocycles. The molecule has 7 heteroatoms. The molecule has 0 saturated carbocycles. The van der Waals surface area contributed by atoms with Crippen LogP contribution >= 0.6 is 12.2 Å². The van der Waals surface area contributed by atoms with Crippen molar-refractivity contribution < 1.29 is 19.4 Å². The molecule has 3 N–H and O–H groups in total. The van der Waals surface area contributed by atoms with E-state index in [1.54, 1.807) is 30.3 Å². The summed E-state index contributed by atoms with van der Waals surface area (Å²) in [7, 11) is 0. The Balaban J connectivity index is 2.09. The van der Waals surface area contributed by atoms with Crippen molar-refractivity contribution in [2.45, 2.75) is 13.0 Å². The Labute approximate surface area is 120 Å². The molecule has 1 heterocycles. The molecule has 1 unspecified atom stereocenters. The average Bonchev–Trinajstić information content (AvgIpc) is 2.70. The van der Waals surface area contributed by atoms with Gasteiger partial charge in [0.05, 0.1) is 0 Å². The van der Waals surface area contributed by atoms with Gasteiger partial charge in [-0.2, -0.15) is 0 Å². The van der Waals surface area contributed by atoms with Crippen LogP contribution in [0.5, 0.6) is 5.75 Å². The Hall–Kier alpha value is -2.41. The van der Waals surface area contributed by atoms with Crippen molar-refractivity contribution in [2.75, 3.05) is 0 Å². The predicted molar refractivity (Wildman–Crippen MR) is 76.0 cm³/mol. The number of benzene rings is 1. The van der Waals surface area contributed by atoms with Crippen LogP contribution in [0.25, 0.3) is 6.08 Å². The lowest BCUT2D eigenvalue weighted by Gasteiger charge is -2.10. The van der Waals surface area contributed by atoms with E-state index in [2.05, 4.69) is 10.6 Å². The van der Waals surface area contributed by atoms with Gasteiger partial charge in [0.25, 0.3) is 5.91 Å². The molecule has 2 rings (SSSR count). The molecular formula is C13H12N2O4S. The maximum Gasteiger partial charge on any atom is 0.344 e. The fourth-order valence-corrected chi connectivity index (χ4v) is 1.75. The summed E-state index contributed by atoms with van der Waals surface area (Å²) < 4.78 is 5.20. The molecule has 1 aromatic carbocycles. The molecule has 6 nitrogen and oxygen atoms in total. The molecule has 0 spiro atoms. The average molecular weight is 292 g/mol. The number of ether oxygens (including phenoxy) is 1. The third-order valence-electron chi connectivity index (χ3n) is 2.57. The summed E-state index contributed by atoms with van der Waals surface area (Å²) in [6.07, 6.45) is 0.720. The number of carbonyl (C=O) groups excluding carboxylic acids is 1. The number of amides is 1. The molecule has 0 radical (unpaired) electrons. The molecule has 1 fully saturated rings. The normalized spacial score (nSPS) is 17.6. The first kappa shape index (κ1) is 14.0. The molecular weight excluding hydrogens is 280 g/mol. The van der Waals surface area contributed by atoms with E-state index in [-0.39, 0.29) is 11.0 Å². The van der Waals surface area contributed by atoms with Gasteiger partial charge in [-0.15, -0.1) is 0 Å². The lowest BCUT2D eigenvalue weighted by molar-refractivity contribution is -0.144. The Kier molecular flexibility index (Phi) is 3.99. The van der Waals surface area contributed by atoms with Crippen LogP contribution in [0.1, 0.15) is 12.5 Å². The van der Waals surface area contributed by atoms with Crippen LogP contribution in [0.3, 0.4) is 0 Å². The number of hydrogen-bond donors (Lipinski definition) is 3. The van der Waals surface area contributed by atoms with Gasteiger partial charge in [-0.1, -0.05) is 12.1 Å². The SMILES string of the molecule is CC(Oc1ccc(/C=C2\NC(=S)NC2=O)cc1)C(=O)O. The quantitative estimate of drug-likeness (QED) is 0.564. The number of carboxylic acid groups (broad SMARTS) is 1. The second-order valence-corrected chi connectivity index (χ2v) is 4.54. The van der Waals surface area contributed by atoms with Crippen molar-refractivity contribution in [2.24, 2.45) is 0 Å². The highest BCUT2D eigenvalue weighted by Gasteiger charge is 2.19. The molecule has 1 amide bonds. The van der Waals surface area contributed by atoms with E-state index in [9.17, 15) is 9.59 Å². The van der Waals surface area contributed by atoms with Crippen LogP contribution in [-0.2, 0) is 9.59 Å². The molecule has 1 aliphatic heterocycles. The number of rotatable bonds is 4. The van der Waals surface area contributed by atoms with Gasteiger partial charge < -0.3 is 15.2 Å². The highest BCUT2D eigenvalue weighted by Crippen LogP contribution is 2.16. The number of hydrogen-bond acceptors (Lipinski definition) is 4. The summed E-state index contributed by atoms with van der Waals surface area (Å²) in [5.41, 5.74) is 1.13. The third-order valence-corrected chi connectivity index (χ3v) is 2.78. The van der Waals surface area contributed by atoms with Gasteiger partial charge in [0.1, 0.15) is 11.4 Å². The minimum Gasteiger partial charge on any atom is -0.479 e. The smallest absolute Gasteiger partial charge is 0.344 e. The highest BCUT2D eigenvalue weighted by molar-refractivity contribution is 7.80. The first-order valence-electron chi connectivity index (χ1n) is 5.79. The summed E-state index contributed by atoms with van der Waals surface area (Å²) in [4.78, 5) is 22.1. The molecule has 0 bridgehead atoms. The minimum absolute atomic E-state index is 0.275. The third kappa shape index (κ3) is 3.33. The van der Waals surface area contributed by atoms with Gasteiger partial charge in [-0.05, 0) is 42.9 Å². The zero-order valence-corrected chi connectivity index (χ0v) is 11.4. The van der Waals surface area contributed by atoms with Crippen LogP contribution in [0.4, 0.5) is 0 Å². The van der Waals surface area contributed by atoms with Crippen LogP contribution in [0.2, 0.25) is 0 Å². The van der Waals surface area contributed by atoms with Crippen LogP contribution in [-0.4, -0.2) is 28.2 Å². The molecule has 104 valence electrons. The lowest BCUT2D eigenvalue weighted by atomic mass is 10.2. The van der Waals surface area contributed by atoms with Crippen molar-refractivity contribution in [3.63, 3.8) is 0 Å². The van der Waals surface area contributed by atoms with E-state index < -0.39 is 12.1 Å². The van der Waals surface area contributed by atoms with Crippen LogP contribution in [0.15, 0.2) is 30.0 Å². The summed E-state index contributed by atoms with van der Waals surface area (Å²) >= 11 is 4.82. The maximum absolute atomic E-state index is 11.5. The number of carboxylic acids is 1. The van der Waals surface area contributed by atoms with E-state index in [4.69, 9.17) is 22.1 Å². The number of carbonyl (C=O) groups is 2. The van der Waals surface area contributed by atoms with E-state index >= 15 is 0 Å². The van der Waals surface area contributed by atoms with Gasteiger partial charge in [0.2, 0.25) is 0 Å². The molecule has 20 heavy (non-hydrogen) atoms. The minimum atomic E-state index is -1.03. The number of nitrogens with one attached hydrogen (secondary N) is 2. The molecule has 1 atom stereocenters. The van der Waals surface area contributed by atoms with E-state index in [0.717, 1.165) is 5.56 Å². The van der Waals surface area contributed by atoms with Crippen molar-refractivity contribution >= 4 is 35.3 Å². The lowest BCUT2D eigenvalue weighted by Crippen LogP contribution is -2.22. The zero-order chi connectivity index (χ0) is 14.7. The van der Waals surface area contributed by atoms with E-state index in [1.807, 2.05) is 0 Å². The number of thiocarbonyl (C=S) groups is 1. The zero-order valence-electron chi connectivity index (χ0n) is 10.5. The van der Waals surface area contributed by atoms with Gasteiger partial charge in [0.15, 0.2) is 11.2 Å². The Morgan fingerprint density at radius 2 is 2.00 bits per heavy atom.